The van der Waals surface area contributed by atoms with Gasteiger partial charge in [0.25, 0.3) is 5.91 Å². The zero-order valence-corrected chi connectivity index (χ0v) is 11.1. The maximum atomic E-state index is 12.0. The van der Waals surface area contributed by atoms with Crippen LogP contribution in [-0.2, 0) is 0 Å². The van der Waals surface area contributed by atoms with Crippen molar-refractivity contribution < 1.29 is 15.0 Å². The second kappa shape index (κ2) is 6.06. The van der Waals surface area contributed by atoms with Crippen LogP contribution in [-0.4, -0.2) is 27.6 Å². The van der Waals surface area contributed by atoms with Gasteiger partial charge in [-0.3, -0.25) is 10.1 Å². The van der Waals surface area contributed by atoms with E-state index in [4.69, 9.17) is 5.73 Å². The Balaban J connectivity index is 2.18. The molecule has 7 heteroatoms. The van der Waals surface area contributed by atoms with E-state index in [2.05, 4.69) is 22.1 Å². The van der Waals surface area contributed by atoms with Gasteiger partial charge in [0.2, 0.25) is 0 Å². The minimum atomic E-state index is -0.645. The molecule has 102 valence electrons. The zero-order chi connectivity index (χ0) is 14.5. The van der Waals surface area contributed by atoms with Crippen molar-refractivity contribution in [2.75, 3.05) is 11.9 Å². The Morgan fingerprint density at radius 1 is 1.40 bits per heavy atom. The molecule has 1 heterocycles. The highest BCUT2D eigenvalue weighted by Gasteiger charge is 2.17. The van der Waals surface area contributed by atoms with E-state index in [0.717, 1.165) is 0 Å². The van der Waals surface area contributed by atoms with Crippen molar-refractivity contribution in [3.8, 4) is 23.3 Å². The van der Waals surface area contributed by atoms with Gasteiger partial charge in [0, 0.05) is 0 Å². The Labute approximate surface area is 118 Å². The van der Waals surface area contributed by atoms with E-state index in [1.54, 1.807) is 0 Å². The number of aromatic nitrogens is 1. The normalized spacial score (nSPS) is 9.65. The van der Waals surface area contributed by atoms with Gasteiger partial charge < -0.3 is 15.9 Å². The van der Waals surface area contributed by atoms with Crippen LogP contribution in [0.1, 0.15) is 15.2 Å². The quantitative estimate of drug-likeness (QED) is 0.619. The Bertz CT molecular complexity index is 680. The Morgan fingerprint density at radius 2 is 2.10 bits per heavy atom. The molecule has 0 bridgehead atoms. The largest absolute Gasteiger partial charge is 0.507 e. The molecular formula is C13H11N3O3S. The first kappa shape index (κ1) is 13.9. The van der Waals surface area contributed by atoms with Crippen LogP contribution in [0, 0.1) is 11.8 Å². The summed E-state index contributed by atoms with van der Waals surface area (Å²) in [7, 11) is 0. The first-order chi connectivity index (χ1) is 9.61. The standard InChI is InChI=1S/C13H11N3O3S/c14-6-2-3-8-7-15-13(20-8)16-12(19)11-9(17)4-1-5-10(11)18/h1,4-5,7,17-18H,6,14H2,(H,15,16,19). The molecule has 2 rings (SSSR count). The fourth-order valence-electron chi connectivity index (χ4n) is 1.45. The number of phenolic OH excluding ortho intramolecular Hbond substituents is 2. The number of benzene rings is 1. The van der Waals surface area contributed by atoms with Gasteiger partial charge in [-0.1, -0.05) is 29.2 Å². The van der Waals surface area contributed by atoms with Crippen molar-refractivity contribution in [2.45, 2.75) is 0 Å². The molecule has 0 saturated carbocycles. The van der Waals surface area contributed by atoms with Gasteiger partial charge in [0.05, 0.1) is 17.6 Å². The van der Waals surface area contributed by atoms with Crippen LogP contribution in [0.2, 0.25) is 0 Å². The van der Waals surface area contributed by atoms with Crippen molar-refractivity contribution in [3.05, 3.63) is 34.8 Å². The van der Waals surface area contributed by atoms with E-state index in [9.17, 15) is 15.0 Å². The maximum Gasteiger partial charge on any atom is 0.264 e. The van der Waals surface area contributed by atoms with E-state index in [0.29, 0.717) is 10.0 Å². The second-order valence-corrected chi connectivity index (χ2v) is 4.69. The van der Waals surface area contributed by atoms with E-state index < -0.39 is 5.91 Å². The number of phenols is 2. The summed E-state index contributed by atoms with van der Waals surface area (Å²) in [5.74, 6) is 4.22. The molecule has 6 nitrogen and oxygen atoms in total. The number of carbonyl (C=O) groups is 1. The Morgan fingerprint density at radius 3 is 2.75 bits per heavy atom. The number of aromatic hydroxyl groups is 2. The molecule has 0 spiro atoms. The molecule has 5 N–H and O–H groups in total. The van der Waals surface area contributed by atoms with Crippen molar-refractivity contribution in [1.29, 1.82) is 0 Å². The van der Waals surface area contributed by atoms with E-state index >= 15 is 0 Å². The molecule has 0 aliphatic carbocycles. The molecule has 2 aromatic rings. The topological polar surface area (TPSA) is 108 Å². The number of carbonyl (C=O) groups excluding carboxylic acids is 1. The van der Waals surface area contributed by atoms with Crippen LogP contribution in [0.25, 0.3) is 0 Å². The highest BCUT2D eigenvalue weighted by molar-refractivity contribution is 7.16. The molecule has 0 saturated heterocycles. The summed E-state index contributed by atoms with van der Waals surface area (Å²) in [6.07, 6.45) is 1.51. The number of nitrogens with two attached hydrogens (primary N) is 1. The van der Waals surface area contributed by atoms with Gasteiger partial charge in [0.1, 0.15) is 17.1 Å². The summed E-state index contributed by atoms with van der Waals surface area (Å²) >= 11 is 1.17. The first-order valence-corrected chi connectivity index (χ1v) is 6.40. The maximum absolute atomic E-state index is 12.0. The van der Waals surface area contributed by atoms with Gasteiger partial charge in [0.15, 0.2) is 5.13 Å². The third-order valence-electron chi connectivity index (χ3n) is 2.29. The molecule has 0 aliphatic rings. The fraction of sp³-hybridized carbons (Fsp3) is 0.0769. The SMILES string of the molecule is NCC#Cc1cnc(NC(=O)c2c(O)cccc2O)s1. The predicted molar refractivity (Wildman–Crippen MR) is 75.8 cm³/mol. The van der Waals surface area contributed by atoms with Gasteiger partial charge >= 0.3 is 0 Å². The van der Waals surface area contributed by atoms with Crippen molar-refractivity contribution >= 4 is 22.4 Å². The van der Waals surface area contributed by atoms with Crippen LogP contribution in [0.3, 0.4) is 0 Å². The number of thiazole rings is 1. The van der Waals surface area contributed by atoms with Crippen LogP contribution < -0.4 is 11.1 Å². The van der Waals surface area contributed by atoms with Crippen LogP contribution in [0.5, 0.6) is 11.5 Å². The Kier molecular flexibility index (Phi) is 4.20. The lowest BCUT2D eigenvalue weighted by molar-refractivity contribution is 0.102. The fourth-order valence-corrected chi connectivity index (χ4v) is 2.13. The van der Waals surface area contributed by atoms with Crippen molar-refractivity contribution in [2.24, 2.45) is 5.73 Å². The average molecular weight is 289 g/mol. The highest BCUT2D eigenvalue weighted by atomic mass is 32.1. The van der Waals surface area contributed by atoms with Crippen molar-refractivity contribution in [3.63, 3.8) is 0 Å². The highest BCUT2D eigenvalue weighted by Crippen LogP contribution is 2.27. The number of anilines is 1. The number of nitrogens with zero attached hydrogens (tertiary/aromatic N) is 1. The minimum absolute atomic E-state index is 0.197. The Hall–Kier alpha value is -2.56. The van der Waals surface area contributed by atoms with Crippen LogP contribution >= 0.6 is 11.3 Å². The number of rotatable bonds is 2. The minimum Gasteiger partial charge on any atom is -0.507 e. The summed E-state index contributed by atoms with van der Waals surface area (Å²) in [4.78, 5) is 16.6. The number of hydrogen-bond acceptors (Lipinski definition) is 6. The van der Waals surface area contributed by atoms with Crippen LogP contribution in [0.4, 0.5) is 5.13 Å². The predicted octanol–water partition coefficient (Wildman–Crippen LogP) is 1.12. The monoisotopic (exact) mass is 289 g/mol. The first-order valence-electron chi connectivity index (χ1n) is 5.59. The molecular weight excluding hydrogens is 278 g/mol. The zero-order valence-electron chi connectivity index (χ0n) is 10.3. The molecule has 20 heavy (non-hydrogen) atoms. The van der Waals surface area contributed by atoms with Gasteiger partial charge in [-0.05, 0) is 12.1 Å². The van der Waals surface area contributed by atoms with Gasteiger partial charge in [-0.15, -0.1) is 0 Å². The summed E-state index contributed by atoms with van der Waals surface area (Å²) < 4.78 is 0. The van der Waals surface area contributed by atoms with Gasteiger partial charge in [-0.2, -0.15) is 0 Å². The third-order valence-corrected chi connectivity index (χ3v) is 3.12. The van der Waals surface area contributed by atoms with E-state index in [1.165, 1.54) is 35.7 Å². The lowest BCUT2D eigenvalue weighted by Gasteiger charge is -2.05. The smallest absolute Gasteiger partial charge is 0.264 e. The van der Waals surface area contributed by atoms with Crippen molar-refractivity contribution in [1.82, 2.24) is 4.98 Å². The molecule has 0 aliphatic heterocycles. The average Bonchev–Trinajstić information content (AvgIpc) is 2.83. The number of hydrogen-bond donors (Lipinski definition) is 4. The number of amides is 1. The molecule has 0 atom stereocenters. The lowest BCUT2D eigenvalue weighted by atomic mass is 10.1. The number of nitrogens with one attached hydrogen (secondary N) is 1. The summed E-state index contributed by atoms with van der Waals surface area (Å²) in [6, 6.07) is 4.06. The molecule has 1 aromatic carbocycles. The van der Waals surface area contributed by atoms with E-state index in [1.807, 2.05) is 0 Å². The summed E-state index contributed by atoms with van der Waals surface area (Å²) in [5, 5.41) is 22.0. The molecule has 0 unspecified atom stereocenters. The molecule has 1 aromatic heterocycles. The summed E-state index contributed by atoms with van der Waals surface area (Å²) in [6.45, 7) is 0.241. The molecule has 0 fully saturated rings. The second-order valence-electron chi connectivity index (χ2n) is 3.66. The molecule has 0 radical (unpaired) electrons. The van der Waals surface area contributed by atoms with Crippen LogP contribution in [0.15, 0.2) is 24.4 Å². The van der Waals surface area contributed by atoms with Gasteiger partial charge in [-0.25, -0.2) is 4.98 Å². The third kappa shape index (κ3) is 3.06. The molecule has 1 amide bonds. The summed E-state index contributed by atoms with van der Waals surface area (Å²) in [5.41, 5.74) is 5.06. The van der Waals surface area contributed by atoms with E-state index in [-0.39, 0.29) is 23.6 Å². The lowest BCUT2D eigenvalue weighted by Crippen LogP contribution is -2.12.